The van der Waals surface area contributed by atoms with E-state index in [2.05, 4.69) is 31.4 Å². The molecule has 0 spiro atoms. The topological polar surface area (TPSA) is 50.4 Å². The van der Waals surface area contributed by atoms with Gasteiger partial charge in [0.05, 0.1) is 7.11 Å². The fourth-order valence-electron chi connectivity index (χ4n) is 2.18. The lowest BCUT2D eigenvalue weighted by Crippen LogP contribution is -2.33. The summed E-state index contributed by atoms with van der Waals surface area (Å²) in [6, 6.07) is 6.51. The highest BCUT2D eigenvalue weighted by atomic mass is 16.5. The fraction of sp³-hybridized carbons (Fsp3) is 0.533. The number of methoxy groups -OCH3 is 1. The van der Waals surface area contributed by atoms with Crippen molar-refractivity contribution < 1.29 is 9.53 Å². The second-order valence-corrected chi connectivity index (χ2v) is 5.13. The predicted octanol–water partition coefficient (Wildman–Crippen LogP) is 2.58. The number of anilines is 1. The zero-order chi connectivity index (χ0) is 14.4. The van der Waals surface area contributed by atoms with Crippen LogP contribution in [0, 0.1) is 0 Å². The van der Waals surface area contributed by atoms with Crippen LogP contribution in [-0.4, -0.2) is 25.1 Å². The number of carbonyl (C=O) groups is 1. The van der Waals surface area contributed by atoms with Crippen molar-refractivity contribution in [3.63, 3.8) is 0 Å². The van der Waals surface area contributed by atoms with Crippen LogP contribution in [0.3, 0.4) is 0 Å². The molecule has 0 fully saturated rings. The van der Waals surface area contributed by atoms with Gasteiger partial charge in [0.25, 0.3) is 0 Å². The van der Waals surface area contributed by atoms with Crippen LogP contribution in [0.2, 0.25) is 0 Å². The van der Waals surface area contributed by atoms with Gasteiger partial charge in [0.2, 0.25) is 5.91 Å². The van der Waals surface area contributed by atoms with Crippen molar-refractivity contribution in [2.24, 2.45) is 0 Å². The summed E-state index contributed by atoms with van der Waals surface area (Å²) >= 11 is 0. The quantitative estimate of drug-likeness (QED) is 0.830. The molecular formula is C15H24N2O2. The molecule has 1 rings (SSSR count). The van der Waals surface area contributed by atoms with Gasteiger partial charge in [-0.15, -0.1) is 0 Å². The number of hydrogen-bond acceptors (Lipinski definition) is 3. The van der Waals surface area contributed by atoms with Gasteiger partial charge in [-0.3, -0.25) is 4.79 Å². The third kappa shape index (κ3) is 5.30. The molecular weight excluding hydrogens is 240 g/mol. The van der Waals surface area contributed by atoms with E-state index in [0.29, 0.717) is 12.1 Å². The summed E-state index contributed by atoms with van der Waals surface area (Å²) in [5.74, 6) is 0.788. The third-order valence-corrected chi connectivity index (χ3v) is 2.74. The first-order chi connectivity index (χ1) is 8.92. The first-order valence-electron chi connectivity index (χ1n) is 6.63. The minimum Gasteiger partial charge on any atom is -0.496 e. The maximum Gasteiger partial charge on any atom is 0.221 e. The van der Waals surface area contributed by atoms with Crippen LogP contribution in [0.25, 0.3) is 0 Å². The molecule has 1 unspecified atom stereocenters. The predicted molar refractivity (Wildman–Crippen MR) is 78.7 cm³/mol. The van der Waals surface area contributed by atoms with E-state index in [9.17, 15) is 4.79 Å². The van der Waals surface area contributed by atoms with Crippen molar-refractivity contribution >= 4 is 11.6 Å². The molecule has 0 bridgehead atoms. The lowest BCUT2D eigenvalue weighted by Gasteiger charge is -2.19. The molecule has 2 N–H and O–H groups in total. The number of rotatable bonds is 6. The highest BCUT2D eigenvalue weighted by Crippen LogP contribution is 2.24. The normalized spacial score (nSPS) is 12.3. The summed E-state index contributed by atoms with van der Waals surface area (Å²) in [7, 11) is 1.66. The average molecular weight is 264 g/mol. The zero-order valence-corrected chi connectivity index (χ0v) is 12.4. The van der Waals surface area contributed by atoms with E-state index >= 15 is 0 Å². The van der Waals surface area contributed by atoms with Crippen LogP contribution in [-0.2, 0) is 11.2 Å². The molecule has 1 amide bonds. The van der Waals surface area contributed by atoms with Gasteiger partial charge in [-0.25, -0.2) is 0 Å². The van der Waals surface area contributed by atoms with E-state index in [1.807, 2.05) is 18.2 Å². The summed E-state index contributed by atoms with van der Waals surface area (Å²) < 4.78 is 5.37. The molecule has 0 radical (unpaired) electrons. The zero-order valence-electron chi connectivity index (χ0n) is 12.4. The molecule has 1 aromatic carbocycles. The fourth-order valence-corrected chi connectivity index (χ4v) is 2.18. The monoisotopic (exact) mass is 264 g/mol. The lowest BCUT2D eigenvalue weighted by molar-refractivity contribution is -0.114. The first-order valence-corrected chi connectivity index (χ1v) is 6.63. The Morgan fingerprint density at radius 3 is 2.53 bits per heavy atom. The third-order valence-electron chi connectivity index (χ3n) is 2.74. The highest BCUT2D eigenvalue weighted by molar-refractivity contribution is 5.88. The molecule has 4 nitrogen and oxygen atoms in total. The summed E-state index contributed by atoms with van der Waals surface area (Å²) in [6.45, 7) is 7.90. The van der Waals surface area contributed by atoms with Crippen LogP contribution >= 0.6 is 0 Å². The number of amides is 1. The van der Waals surface area contributed by atoms with E-state index in [-0.39, 0.29) is 5.91 Å². The maximum atomic E-state index is 11.1. The highest BCUT2D eigenvalue weighted by Gasteiger charge is 2.10. The van der Waals surface area contributed by atoms with E-state index in [4.69, 9.17) is 4.74 Å². The molecule has 0 aliphatic heterocycles. The Kier molecular flexibility index (Phi) is 5.83. The van der Waals surface area contributed by atoms with Gasteiger partial charge >= 0.3 is 0 Å². The molecule has 4 heteroatoms. The number of hydrogen-bond donors (Lipinski definition) is 2. The van der Waals surface area contributed by atoms with Crippen molar-refractivity contribution in [2.75, 3.05) is 12.4 Å². The Hall–Kier alpha value is -1.55. The van der Waals surface area contributed by atoms with Gasteiger partial charge in [0, 0.05) is 24.7 Å². The number of benzene rings is 1. The summed E-state index contributed by atoms with van der Waals surface area (Å²) in [4.78, 5) is 11.1. The van der Waals surface area contributed by atoms with Gasteiger partial charge in [0.1, 0.15) is 5.75 Å². The van der Waals surface area contributed by atoms with Crippen LogP contribution in [0.5, 0.6) is 5.75 Å². The SMILES string of the molecule is COc1ccc(NC(C)=O)cc1CC(C)NC(C)C. The second-order valence-electron chi connectivity index (χ2n) is 5.13. The van der Waals surface area contributed by atoms with Crippen LogP contribution in [0.15, 0.2) is 18.2 Å². The van der Waals surface area contributed by atoms with E-state index in [0.717, 1.165) is 23.4 Å². The molecule has 19 heavy (non-hydrogen) atoms. The molecule has 0 aliphatic rings. The number of ether oxygens (including phenoxy) is 1. The van der Waals surface area contributed by atoms with E-state index in [1.54, 1.807) is 7.11 Å². The molecule has 0 aliphatic carbocycles. The van der Waals surface area contributed by atoms with Crippen molar-refractivity contribution in [2.45, 2.75) is 46.2 Å². The van der Waals surface area contributed by atoms with E-state index < -0.39 is 0 Å². The standard InChI is InChI=1S/C15H24N2O2/c1-10(2)16-11(3)8-13-9-14(17-12(4)18)6-7-15(13)19-5/h6-7,9-11,16H,8H2,1-5H3,(H,17,18). The molecule has 106 valence electrons. The van der Waals surface area contributed by atoms with Crippen LogP contribution < -0.4 is 15.4 Å². The Labute approximate surface area is 115 Å². The molecule has 0 saturated heterocycles. The number of carbonyl (C=O) groups excluding carboxylic acids is 1. The van der Waals surface area contributed by atoms with Crippen LogP contribution in [0.1, 0.15) is 33.3 Å². The first kappa shape index (κ1) is 15.5. The summed E-state index contributed by atoms with van der Waals surface area (Å²) in [6.07, 6.45) is 0.856. The lowest BCUT2D eigenvalue weighted by atomic mass is 10.0. The minimum atomic E-state index is -0.0653. The Morgan fingerprint density at radius 1 is 1.32 bits per heavy atom. The van der Waals surface area contributed by atoms with Crippen molar-refractivity contribution in [1.82, 2.24) is 5.32 Å². The minimum absolute atomic E-state index is 0.0653. The molecule has 0 aromatic heterocycles. The Morgan fingerprint density at radius 2 is 2.00 bits per heavy atom. The maximum absolute atomic E-state index is 11.1. The summed E-state index contributed by atoms with van der Waals surface area (Å²) in [5.41, 5.74) is 1.90. The molecule has 1 aromatic rings. The van der Waals surface area contributed by atoms with E-state index in [1.165, 1.54) is 6.92 Å². The van der Waals surface area contributed by atoms with Crippen molar-refractivity contribution in [1.29, 1.82) is 0 Å². The Balaban J connectivity index is 2.86. The van der Waals surface area contributed by atoms with Gasteiger partial charge in [0.15, 0.2) is 0 Å². The van der Waals surface area contributed by atoms with Gasteiger partial charge < -0.3 is 15.4 Å². The average Bonchev–Trinajstić information content (AvgIpc) is 2.27. The summed E-state index contributed by atoms with van der Waals surface area (Å²) in [5, 5.41) is 6.26. The van der Waals surface area contributed by atoms with Crippen LogP contribution in [0.4, 0.5) is 5.69 Å². The molecule has 1 atom stereocenters. The van der Waals surface area contributed by atoms with Crippen molar-refractivity contribution in [3.05, 3.63) is 23.8 Å². The smallest absolute Gasteiger partial charge is 0.221 e. The van der Waals surface area contributed by atoms with Gasteiger partial charge in [-0.1, -0.05) is 13.8 Å². The Bertz CT molecular complexity index is 430. The van der Waals surface area contributed by atoms with Crippen molar-refractivity contribution in [3.8, 4) is 5.75 Å². The second kappa shape index (κ2) is 7.14. The molecule has 0 heterocycles. The number of nitrogens with one attached hydrogen (secondary N) is 2. The largest absolute Gasteiger partial charge is 0.496 e. The van der Waals surface area contributed by atoms with Gasteiger partial charge in [-0.05, 0) is 37.1 Å². The molecule has 0 saturated carbocycles. The van der Waals surface area contributed by atoms with Gasteiger partial charge in [-0.2, -0.15) is 0 Å².